The van der Waals surface area contributed by atoms with E-state index in [9.17, 15) is 4.21 Å². The van der Waals surface area contributed by atoms with Crippen LogP contribution in [0.4, 0.5) is 0 Å². The normalized spacial score (nSPS) is 13.4. The smallest absolute Gasteiger partial charge is 0.160 e. The van der Waals surface area contributed by atoms with Gasteiger partial charge < -0.3 is 9.12 Å². The van der Waals surface area contributed by atoms with Gasteiger partial charge in [0.1, 0.15) is 17.9 Å². The summed E-state index contributed by atoms with van der Waals surface area (Å²) in [5, 5.41) is 7.16. The van der Waals surface area contributed by atoms with Gasteiger partial charge in [-0.3, -0.25) is 0 Å². The predicted octanol–water partition coefficient (Wildman–Crippen LogP) is -0.463. The lowest BCUT2D eigenvalue weighted by Crippen LogP contribution is -2.01. The third-order valence-electron chi connectivity index (χ3n) is 1.06. The van der Waals surface area contributed by atoms with E-state index >= 15 is 0 Å². The van der Waals surface area contributed by atoms with E-state index in [1.165, 1.54) is 6.33 Å². The molecule has 0 bridgehead atoms. The maximum atomic E-state index is 10.2. The molecular formula is C4H7N3O2S. The van der Waals surface area contributed by atoms with Crippen molar-refractivity contribution < 1.29 is 8.76 Å². The minimum atomic E-state index is -1.83. The first-order valence-corrected chi connectivity index (χ1v) is 3.88. The van der Waals surface area contributed by atoms with Gasteiger partial charge in [0.25, 0.3) is 0 Å². The van der Waals surface area contributed by atoms with Gasteiger partial charge in [-0.15, -0.1) is 10.2 Å². The van der Waals surface area contributed by atoms with Crippen LogP contribution in [0.3, 0.4) is 0 Å². The number of hydrogen-bond acceptors (Lipinski definition) is 3. The van der Waals surface area contributed by atoms with Gasteiger partial charge in [0.05, 0.1) is 0 Å². The minimum Gasteiger partial charge on any atom is -0.320 e. The molecule has 0 radical (unpaired) electrons. The second-order valence-corrected chi connectivity index (χ2v) is 2.76. The molecule has 1 N–H and O–H groups in total. The Labute approximate surface area is 60.4 Å². The fourth-order valence-electron chi connectivity index (χ4n) is 0.548. The first kappa shape index (κ1) is 7.36. The zero-order valence-electron chi connectivity index (χ0n) is 5.39. The largest absolute Gasteiger partial charge is 0.320 e. The van der Waals surface area contributed by atoms with E-state index in [0.29, 0.717) is 5.82 Å². The number of rotatable bonds is 2. The van der Waals surface area contributed by atoms with Crippen LogP contribution in [0.25, 0.3) is 0 Å². The topological polar surface area (TPSA) is 68.0 Å². The Hall–Kier alpha value is -0.750. The molecule has 1 heterocycles. The van der Waals surface area contributed by atoms with Crippen molar-refractivity contribution in [1.29, 1.82) is 0 Å². The van der Waals surface area contributed by atoms with Crippen LogP contribution >= 0.6 is 0 Å². The molecule has 1 unspecified atom stereocenters. The summed E-state index contributed by atoms with van der Waals surface area (Å²) in [5.41, 5.74) is 0. The maximum absolute atomic E-state index is 10.2. The van der Waals surface area contributed by atoms with Crippen molar-refractivity contribution in [2.45, 2.75) is 5.75 Å². The van der Waals surface area contributed by atoms with Crippen LogP contribution in [0.15, 0.2) is 6.33 Å². The molecular weight excluding hydrogens is 154 g/mol. The first-order valence-electron chi connectivity index (χ1n) is 2.60. The van der Waals surface area contributed by atoms with Crippen LogP contribution in [0, 0.1) is 0 Å². The Morgan fingerprint density at radius 2 is 2.60 bits per heavy atom. The third kappa shape index (κ3) is 1.61. The molecule has 1 rings (SSSR count). The summed E-state index contributed by atoms with van der Waals surface area (Å²) in [4.78, 5) is 0. The second kappa shape index (κ2) is 2.89. The van der Waals surface area contributed by atoms with Crippen LogP contribution in [0.2, 0.25) is 0 Å². The van der Waals surface area contributed by atoms with Crippen LogP contribution in [-0.4, -0.2) is 23.5 Å². The van der Waals surface area contributed by atoms with E-state index in [4.69, 9.17) is 4.55 Å². The van der Waals surface area contributed by atoms with Crippen molar-refractivity contribution >= 4 is 11.1 Å². The molecule has 0 saturated carbocycles. The first-order chi connectivity index (χ1) is 4.70. The van der Waals surface area contributed by atoms with Crippen LogP contribution in [-0.2, 0) is 23.9 Å². The Kier molecular flexibility index (Phi) is 2.13. The highest BCUT2D eigenvalue weighted by molar-refractivity contribution is 7.78. The Bertz CT molecular complexity index is 246. The SMILES string of the molecule is Cn1cnnc1CS(=O)O. The molecule has 0 saturated heterocycles. The quantitative estimate of drug-likeness (QED) is 0.596. The van der Waals surface area contributed by atoms with Crippen molar-refractivity contribution in [3.63, 3.8) is 0 Å². The lowest BCUT2D eigenvalue weighted by atomic mass is 10.7. The van der Waals surface area contributed by atoms with Crippen molar-refractivity contribution in [2.75, 3.05) is 0 Å². The highest BCUT2D eigenvalue weighted by atomic mass is 32.2. The summed E-state index contributed by atoms with van der Waals surface area (Å²) in [5.74, 6) is 0.553. The molecule has 56 valence electrons. The van der Waals surface area contributed by atoms with Crippen molar-refractivity contribution in [2.24, 2.45) is 7.05 Å². The van der Waals surface area contributed by atoms with Gasteiger partial charge in [0.15, 0.2) is 11.1 Å². The highest BCUT2D eigenvalue weighted by Gasteiger charge is 2.02. The standard InChI is InChI=1S/C4H7N3O2S/c1-7-3-5-6-4(7)2-10(8)9/h3H,2H2,1H3,(H,8,9). The molecule has 0 fully saturated rings. The Morgan fingerprint density at radius 3 is 3.00 bits per heavy atom. The summed E-state index contributed by atoms with van der Waals surface area (Å²) < 4.78 is 20.3. The summed E-state index contributed by atoms with van der Waals surface area (Å²) in [6.45, 7) is 0. The van der Waals surface area contributed by atoms with Gasteiger partial charge in [0, 0.05) is 7.05 Å². The fraction of sp³-hybridized carbons (Fsp3) is 0.500. The van der Waals surface area contributed by atoms with Gasteiger partial charge in [0.2, 0.25) is 0 Å². The van der Waals surface area contributed by atoms with Crippen molar-refractivity contribution in [3.8, 4) is 0 Å². The van der Waals surface area contributed by atoms with Gasteiger partial charge >= 0.3 is 0 Å². The van der Waals surface area contributed by atoms with E-state index in [1.54, 1.807) is 11.6 Å². The van der Waals surface area contributed by atoms with Gasteiger partial charge in [-0.25, -0.2) is 4.21 Å². The summed E-state index contributed by atoms with van der Waals surface area (Å²) in [7, 11) is 1.72. The third-order valence-corrected chi connectivity index (χ3v) is 1.56. The van der Waals surface area contributed by atoms with Crippen molar-refractivity contribution in [1.82, 2.24) is 14.8 Å². The average Bonchev–Trinajstić information content (AvgIpc) is 2.15. The number of hydrogen-bond donors (Lipinski definition) is 1. The van der Waals surface area contributed by atoms with E-state index < -0.39 is 11.1 Å². The number of nitrogens with zero attached hydrogens (tertiary/aromatic N) is 3. The molecule has 0 aromatic carbocycles. The van der Waals surface area contributed by atoms with Crippen LogP contribution in [0.5, 0.6) is 0 Å². The van der Waals surface area contributed by atoms with Crippen LogP contribution in [0.1, 0.15) is 5.82 Å². The zero-order chi connectivity index (χ0) is 7.56. The lowest BCUT2D eigenvalue weighted by Gasteiger charge is -1.93. The van der Waals surface area contributed by atoms with Gasteiger partial charge in [-0.1, -0.05) is 0 Å². The van der Waals surface area contributed by atoms with Gasteiger partial charge in [-0.05, 0) is 0 Å². The molecule has 10 heavy (non-hydrogen) atoms. The molecule has 0 aliphatic carbocycles. The molecule has 0 spiro atoms. The predicted molar refractivity (Wildman–Crippen MR) is 35.5 cm³/mol. The fourth-order valence-corrected chi connectivity index (χ4v) is 1.03. The maximum Gasteiger partial charge on any atom is 0.160 e. The lowest BCUT2D eigenvalue weighted by molar-refractivity contribution is 0.560. The summed E-state index contributed by atoms with van der Waals surface area (Å²) in [6, 6.07) is 0. The van der Waals surface area contributed by atoms with Gasteiger partial charge in [-0.2, -0.15) is 0 Å². The van der Waals surface area contributed by atoms with Crippen LogP contribution < -0.4 is 0 Å². The van der Waals surface area contributed by atoms with E-state index in [2.05, 4.69) is 10.2 Å². The van der Waals surface area contributed by atoms with Crippen molar-refractivity contribution in [3.05, 3.63) is 12.2 Å². The summed E-state index contributed by atoms with van der Waals surface area (Å²) in [6.07, 6.45) is 1.49. The molecule has 5 nitrogen and oxygen atoms in total. The monoisotopic (exact) mass is 161 g/mol. The number of aromatic nitrogens is 3. The zero-order valence-corrected chi connectivity index (χ0v) is 6.21. The molecule has 0 amide bonds. The highest BCUT2D eigenvalue weighted by Crippen LogP contribution is 1.94. The molecule has 0 aliphatic rings. The molecule has 1 aromatic heterocycles. The van der Waals surface area contributed by atoms with E-state index in [-0.39, 0.29) is 5.75 Å². The minimum absolute atomic E-state index is 0.0382. The van der Waals surface area contributed by atoms with E-state index in [1.807, 2.05) is 0 Å². The second-order valence-electron chi connectivity index (χ2n) is 1.82. The Morgan fingerprint density at radius 1 is 1.90 bits per heavy atom. The Balaban J connectivity index is 2.74. The number of aryl methyl sites for hydroxylation is 1. The molecule has 6 heteroatoms. The van der Waals surface area contributed by atoms with E-state index in [0.717, 1.165) is 0 Å². The molecule has 1 aromatic rings. The average molecular weight is 161 g/mol. The summed E-state index contributed by atoms with van der Waals surface area (Å²) >= 11 is -1.83. The molecule has 0 aliphatic heterocycles. The molecule has 1 atom stereocenters.